The summed E-state index contributed by atoms with van der Waals surface area (Å²) >= 11 is 0. The maximum absolute atomic E-state index is 12.0. The van der Waals surface area contributed by atoms with Crippen molar-refractivity contribution in [1.82, 2.24) is 10.2 Å². The van der Waals surface area contributed by atoms with E-state index in [0.717, 1.165) is 30.8 Å². The van der Waals surface area contributed by atoms with E-state index in [-0.39, 0.29) is 5.91 Å². The number of anilines is 1. The van der Waals surface area contributed by atoms with Gasteiger partial charge < -0.3 is 16.0 Å². The van der Waals surface area contributed by atoms with Crippen LogP contribution in [0, 0.1) is 6.92 Å². The van der Waals surface area contributed by atoms with Crippen LogP contribution in [0.2, 0.25) is 0 Å². The fraction of sp³-hybridized carbons (Fsp3) is 0.500. The molecule has 98 valence electrons. The van der Waals surface area contributed by atoms with Crippen LogP contribution < -0.4 is 11.1 Å². The summed E-state index contributed by atoms with van der Waals surface area (Å²) in [5, 5.41) is 3.00. The van der Waals surface area contributed by atoms with Gasteiger partial charge in [-0.25, -0.2) is 0 Å². The number of nitrogens with two attached hydrogens (primary N) is 1. The number of carbonyl (C=O) groups is 1. The first-order valence-corrected chi connectivity index (χ1v) is 6.42. The normalized spacial score (nSPS) is 20.0. The third-order valence-corrected chi connectivity index (χ3v) is 3.70. The Bertz CT molecular complexity index is 445. The molecule has 1 saturated heterocycles. The summed E-state index contributed by atoms with van der Waals surface area (Å²) in [6.07, 6.45) is 2.38. The molecule has 1 fully saturated rings. The molecule has 0 aromatic heterocycles. The van der Waals surface area contributed by atoms with Crippen molar-refractivity contribution >= 4 is 11.6 Å². The van der Waals surface area contributed by atoms with Crippen LogP contribution in [0.5, 0.6) is 0 Å². The van der Waals surface area contributed by atoms with Crippen LogP contribution in [0.4, 0.5) is 5.69 Å². The molecule has 1 aromatic rings. The lowest BCUT2D eigenvalue weighted by Crippen LogP contribution is -2.38. The first kappa shape index (κ1) is 12.9. The second kappa shape index (κ2) is 5.40. The van der Waals surface area contributed by atoms with Crippen LogP contribution >= 0.6 is 0 Å². The van der Waals surface area contributed by atoms with Crippen molar-refractivity contribution in [1.29, 1.82) is 0 Å². The monoisotopic (exact) mass is 247 g/mol. The van der Waals surface area contributed by atoms with Gasteiger partial charge in [-0.05, 0) is 57.1 Å². The highest BCUT2D eigenvalue weighted by Crippen LogP contribution is 2.15. The van der Waals surface area contributed by atoms with Crippen LogP contribution in [0.3, 0.4) is 0 Å². The molecule has 3 N–H and O–H groups in total. The summed E-state index contributed by atoms with van der Waals surface area (Å²) in [5.41, 5.74) is 8.09. The molecule has 1 amide bonds. The number of nitrogen functional groups attached to an aromatic ring is 1. The average molecular weight is 247 g/mol. The number of likely N-dealkylation sites (N-methyl/N-ethyl adjacent to an activating group) is 1. The minimum atomic E-state index is -0.0154. The zero-order valence-corrected chi connectivity index (χ0v) is 11.1. The van der Waals surface area contributed by atoms with Crippen LogP contribution in [-0.4, -0.2) is 37.0 Å². The average Bonchev–Trinajstić information content (AvgIpc) is 2.75. The van der Waals surface area contributed by atoms with E-state index in [1.165, 1.54) is 6.42 Å². The lowest BCUT2D eigenvalue weighted by atomic mass is 10.1. The van der Waals surface area contributed by atoms with Crippen molar-refractivity contribution in [3.05, 3.63) is 29.3 Å². The van der Waals surface area contributed by atoms with Gasteiger partial charge in [0.15, 0.2) is 0 Å². The van der Waals surface area contributed by atoms with Gasteiger partial charge in [0.2, 0.25) is 0 Å². The summed E-state index contributed by atoms with van der Waals surface area (Å²) in [7, 11) is 2.11. The minimum Gasteiger partial charge on any atom is -0.399 e. The van der Waals surface area contributed by atoms with Gasteiger partial charge in [0.05, 0.1) is 0 Å². The maximum atomic E-state index is 12.0. The Morgan fingerprint density at radius 1 is 1.56 bits per heavy atom. The third kappa shape index (κ3) is 2.82. The van der Waals surface area contributed by atoms with Crippen molar-refractivity contribution < 1.29 is 4.79 Å². The number of carbonyl (C=O) groups excluding carboxylic acids is 1. The first-order chi connectivity index (χ1) is 8.58. The molecule has 0 bridgehead atoms. The predicted octanol–water partition coefficient (Wildman–Crippen LogP) is 1.40. The molecule has 0 radical (unpaired) electrons. The minimum absolute atomic E-state index is 0.0154. The van der Waals surface area contributed by atoms with Gasteiger partial charge in [-0.1, -0.05) is 0 Å². The van der Waals surface area contributed by atoms with Gasteiger partial charge in [0, 0.05) is 23.8 Å². The Hall–Kier alpha value is -1.55. The molecule has 18 heavy (non-hydrogen) atoms. The molecule has 1 aliphatic rings. The van der Waals surface area contributed by atoms with E-state index < -0.39 is 0 Å². The number of rotatable bonds is 3. The highest BCUT2D eigenvalue weighted by Gasteiger charge is 2.21. The van der Waals surface area contributed by atoms with Crippen LogP contribution in [0.1, 0.15) is 28.8 Å². The van der Waals surface area contributed by atoms with Gasteiger partial charge in [0.1, 0.15) is 0 Å². The molecule has 1 aliphatic heterocycles. The Labute approximate surface area is 108 Å². The Balaban J connectivity index is 1.93. The highest BCUT2D eigenvalue weighted by atomic mass is 16.1. The summed E-state index contributed by atoms with van der Waals surface area (Å²) in [6, 6.07) is 5.87. The smallest absolute Gasteiger partial charge is 0.251 e. The predicted molar refractivity (Wildman–Crippen MR) is 73.6 cm³/mol. The number of amides is 1. The second-order valence-electron chi connectivity index (χ2n) is 5.06. The zero-order valence-electron chi connectivity index (χ0n) is 11.1. The van der Waals surface area contributed by atoms with Gasteiger partial charge in [-0.2, -0.15) is 0 Å². The molecule has 1 unspecified atom stereocenters. The number of nitrogens with zero attached hydrogens (tertiary/aromatic N) is 1. The second-order valence-corrected chi connectivity index (χ2v) is 5.06. The lowest BCUT2D eigenvalue weighted by molar-refractivity contribution is 0.0943. The van der Waals surface area contributed by atoms with Crippen LogP contribution in [0.25, 0.3) is 0 Å². The van der Waals surface area contributed by atoms with Crippen molar-refractivity contribution in [2.45, 2.75) is 25.8 Å². The number of hydrogen-bond acceptors (Lipinski definition) is 3. The maximum Gasteiger partial charge on any atom is 0.251 e. The van der Waals surface area contributed by atoms with E-state index in [1.54, 1.807) is 12.1 Å². The molecule has 0 saturated carbocycles. The van der Waals surface area contributed by atoms with Gasteiger partial charge >= 0.3 is 0 Å². The van der Waals surface area contributed by atoms with Gasteiger partial charge in [0.25, 0.3) is 5.91 Å². The van der Waals surface area contributed by atoms with E-state index in [4.69, 9.17) is 5.73 Å². The number of hydrogen-bond donors (Lipinski definition) is 2. The van der Waals surface area contributed by atoms with Crippen molar-refractivity contribution in [2.75, 3.05) is 25.9 Å². The molecule has 0 spiro atoms. The van der Waals surface area contributed by atoms with E-state index >= 15 is 0 Å². The topological polar surface area (TPSA) is 58.4 Å². The molecule has 0 aliphatic carbocycles. The Kier molecular flexibility index (Phi) is 3.87. The van der Waals surface area contributed by atoms with E-state index in [1.807, 2.05) is 13.0 Å². The highest BCUT2D eigenvalue weighted by molar-refractivity contribution is 5.94. The Morgan fingerprint density at radius 3 is 2.94 bits per heavy atom. The summed E-state index contributed by atoms with van der Waals surface area (Å²) in [6.45, 7) is 3.76. The molecule has 4 nitrogen and oxygen atoms in total. The third-order valence-electron chi connectivity index (χ3n) is 3.70. The zero-order chi connectivity index (χ0) is 13.1. The van der Waals surface area contributed by atoms with Crippen molar-refractivity contribution in [3.63, 3.8) is 0 Å². The molecule has 4 heteroatoms. The summed E-state index contributed by atoms with van der Waals surface area (Å²) < 4.78 is 0. The quantitative estimate of drug-likeness (QED) is 0.794. The number of benzene rings is 1. The largest absolute Gasteiger partial charge is 0.399 e. The summed E-state index contributed by atoms with van der Waals surface area (Å²) in [4.78, 5) is 14.3. The summed E-state index contributed by atoms with van der Waals surface area (Å²) in [5.74, 6) is -0.0154. The van der Waals surface area contributed by atoms with Gasteiger partial charge in [-0.15, -0.1) is 0 Å². The molecular formula is C14H21N3O. The molecule has 1 heterocycles. The fourth-order valence-corrected chi connectivity index (χ4v) is 2.37. The van der Waals surface area contributed by atoms with E-state index in [0.29, 0.717) is 11.6 Å². The van der Waals surface area contributed by atoms with E-state index in [9.17, 15) is 4.79 Å². The molecule has 1 aromatic carbocycles. The van der Waals surface area contributed by atoms with Crippen molar-refractivity contribution in [3.8, 4) is 0 Å². The number of nitrogens with one attached hydrogen (secondary N) is 1. The van der Waals surface area contributed by atoms with Crippen LogP contribution in [-0.2, 0) is 0 Å². The van der Waals surface area contributed by atoms with Gasteiger partial charge in [-0.3, -0.25) is 4.79 Å². The molecule has 1 atom stereocenters. The van der Waals surface area contributed by atoms with Crippen molar-refractivity contribution in [2.24, 2.45) is 0 Å². The SMILES string of the molecule is Cc1cc(C(=O)NCC2CCCN2C)ccc1N. The fourth-order valence-electron chi connectivity index (χ4n) is 2.37. The van der Waals surface area contributed by atoms with E-state index in [2.05, 4.69) is 17.3 Å². The molecule has 2 rings (SSSR count). The lowest BCUT2D eigenvalue weighted by Gasteiger charge is -2.19. The van der Waals surface area contributed by atoms with Crippen LogP contribution in [0.15, 0.2) is 18.2 Å². The number of likely N-dealkylation sites (tertiary alicyclic amines) is 1. The number of aryl methyl sites for hydroxylation is 1. The first-order valence-electron chi connectivity index (χ1n) is 6.42. The molecular weight excluding hydrogens is 226 g/mol. The Morgan fingerprint density at radius 2 is 2.33 bits per heavy atom. The standard InChI is InChI=1S/C14H21N3O/c1-10-8-11(5-6-13(10)15)14(18)16-9-12-4-3-7-17(12)2/h5-6,8,12H,3-4,7,9,15H2,1-2H3,(H,16,18).